The third-order valence-electron chi connectivity index (χ3n) is 5.09. The Labute approximate surface area is 163 Å². The molecule has 0 saturated carbocycles. The van der Waals surface area contributed by atoms with Gasteiger partial charge in [-0.15, -0.1) is 0 Å². The number of morpholine rings is 1. The number of halogens is 1. The Bertz CT molecular complexity index is 791. The van der Waals surface area contributed by atoms with Gasteiger partial charge < -0.3 is 14.2 Å². The van der Waals surface area contributed by atoms with Crippen molar-refractivity contribution in [3.63, 3.8) is 0 Å². The first-order chi connectivity index (χ1) is 13.2. The van der Waals surface area contributed by atoms with Crippen molar-refractivity contribution < 1.29 is 14.1 Å². The summed E-state index contributed by atoms with van der Waals surface area (Å²) in [5.41, 5.74) is 0.830. The van der Waals surface area contributed by atoms with Gasteiger partial charge in [0.15, 0.2) is 0 Å². The van der Waals surface area contributed by atoms with Gasteiger partial charge in [0, 0.05) is 30.2 Å². The summed E-state index contributed by atoms with van der Waals surface area (Å²) in [5.74, 6) is 1.37. The average Bonchev–Trinajstić information content (AvgIpc) is 3.17. The minimum Gasteiger partial charge on any atom is -0.378 e. The van der Waals surface area contributed by atoms with E-state index in [0.717, 1.165) is 31.5 Å². The number of carbonyl (C=O) groups excluding carboxylic acids is 1. The van der Waals surface area contributed by atoms with Gasteiger partial charge in [0.2, 0.25) is 17.6 Å². The number of aromatic nitrogens is 2. The van der Waals surface area contributed by atoms with Crippen LogP contribution in [0.1, 0.15) is 18.7 Å². The molecule has 8 heteroatoms. The van der Waals surface area contributed by atoms with Crippen LogP contribution < -0.4 is 0 Å². The quantitative estimate of drug-likeness (QED) is 0.798. The van der Waals surface area contributed by atoms with Gasteiger partial charge in [-0.3, -0.25) is 9.69 Å². The van der Waals surface area contributed by atoms with Gasteiger partial charge in [-0.2, -0.15) is 4.98 Å². The van der Waals surface area contributed by atoms with Gasteiger partial charge in [0.1, 0.15) is 0 Å². The summed E-state index contributed by atoms with van der Waals surface area (Å²) in [6.45, 7) is 4.88. The van der Waals surface area contributed by atoms with E-state index in [9.17, 15) is 4.79 Å². The Balaban J connectivity index is 1.37. The molecule has 0 spiro atoms. The predicted octanol–water partition coefficient (Wildman–Crippen LogP) is 2.46. The van der Waals surface area contributed by atoms with Gasteiger partial charge >= 0.3 is 0 Å². The standard InChI is InChI=1S/C19H23ClN4O3/c20-16-5-1-3-14(11-16)18-21-17(27-22-18)13-23-6-2-4-15(12-23)19(25)24-7-9-26-10-8-24/h1,3,5,11,15H,2,4,6-10,12-13H2. The van der Waals surface area contributed by atoms with Crippen molar-refractivity contribution in [3.8, 4) is 11.4 Å². The molecule has 2 aromatic rings. The van der Waals surface area contributed by atoms with Crippen molar-refractivity contribution in [1.82, 2.24) is 19.9 Å². The molecule has 1 aromatic heterocycles. The van der Waals surface area contributed by atoms with E-state index < -0.39 is 0 Å². The maximum atomic E-state index is 12.8. The van der Waals surface area contributed by atoms with Crippen molar-refractivity contribution in [2.75, 3.05) is 39.4 Å². The van der Waals surface area contributed by atoms with E-state index >= 15 is 0 Å². The molecule has 3 heterocycles. The molecule has 7 nitrogen and oxygen atoms in total. The largest absolute Gasteiger partial charge is 0.378 e. The topological polar surface area (TPSA) is 71.7 Å². The number of hydrogen-bond acceptors (Lipinski definition) is 6. The number of hydrogen-bond donors (Lipinski definition) is 0. The number of nitrogens with zero attached hydrogens (tertiary/aromatic N) is 4. The van der Waals surface area contributed by atoms with Crippen LogP contribution in [0.4, 0.5) is 0 Å². The molecule has 0 radical (unpaired) electrons. The van der Waals surface area contributed by atoms with Crippen molar-refractivity contribution in [2.24, 2.45) is 5.92 Å². The lowest BCUT2D eigenvalue weighted by Crippen LogP contribution is -2.48. The first-order valence-corrected chi connectivity index (χ1v) is 9.74. The molecule has 0 aliphatic carbocycles. The summed E-state index contributed by atoms with van der Waals surface area (Å²) >= 11 is 6.03. The molecule has 1 atom stereocenters. The number of amides is 1. The number of rotatable bonds is 4. The summed E-state index contributed by atoms with van der Waals surface area (Å²) in [6.07, 6.45) is 1.93. The highest BCUT2D eigenvalue weighted by molar-refractivity contribution is 6.30. The lowest BCUT2D eigenvalue weighted by Gasteiger charge is -2.35. The zero-order valence-corrected chi connectivity index (χ0v) is 15.9. The first-order valence-electron chi connectivity index (χ1n) is 9.36. The number of piperidine rings is 1. The summed E-state index contributed by atoms with van der Waals surface area (Å²) in [4.78, 5) is 21.4. The first kappa shape index (κ1) is 18.4. The van der Waals surface area contributed by atoms with E-state index in [4.69, 9.17) is 20.9 Å². The molecule has 0 N–H and O–H groups in total. The average molecular weight is 391 g/mol. The maximum Gasteiger partial charge on any atom is 0.241 e. The highest BCUT2D eigenvalue weighted by Crippen LogP contribution is 2.23. The van der Waals surface area contributed by atoms with Gasteiger partial charge in [0.25, 0.3) is 0 Å². The van der Waals surface area contributed by atoms with Crippen molar-refractivity contribution in [2.45, 2.75) is 19.4 Å². The molecule has 2 aliphatic rings. The molecule has 2 aliphatic heterocycles. The van der Waals surface area contributed by atoms with Crippen LogP contribution in [0.5, 0.6) is 0 Å². The van der Waals surface area contributed by atoms with E-state index in [2.05, 4.69) is 15.0 Å². The monoisotopic (exact) mass is 390 g/mol. The van der Waals surface area contributed by atoms with E-state index in [1.165, 1.54) is 0 Å². The lowest BCUT2D eigenvalue weighted by molar-refractivity contribution is -0.141. The minimum atomic E-state index is 0.0344. The highest BCUT2D eigenvalue weighted by atomic mass is 35.5. The molecule has 0 bridgehead atoms. The van der Waals surface area contributed by atoms with Crippen LogP contribution in [-0.2, 0) is 16.1 Å². The SMILES string of the molecule is O=C(C1CCCN(Cc2nc(-c3cccc(Cl)c3)no2)C1)N1CCOCC1. The zero-order chi connectivity index (χ0) is 18.6. The zero-order valence-electron chi connectivity index (χ0n) is 15.1. The predicted molar refractivity (Wildman–Crippen MR) is 100 cm³/mol. The fourth-order valence-corrected chi connectivity index (χ4v) is 3.89. The van der Waals surface area contributed by atoms with Crippen LogP contribution in [0.25, 0.3) is 11.4 Å². The van der Waals surface area contributed by atoms with E-state index in [1.54, 1.807) is 0 Å². The normalized spacial score (nSPS) is 21.4. The molecular formula is C19H23ClN4O3. The number of ether oxygens (including phenoxy) is 1. The Morgan fingerprint density at radius 1 is 1.26 bits per heavy atom. The molecular weight excluding hydrogens is 368 g/mol. The molecule has 2 saturated heterocycles. The molecule has 4 rings (SSSR count). The third-order valence-corrected chi connectivity index (χ3v) is 5.32. The van der Waals surface area contributed by atoms with Crippen molar-refractivity contribution in [1.29, 1.82) is 0 Å². The summed E-state index contributed by atoms with van der Waals surface area (Å²) in [5, 5.41) is 4.70. The van der Waals surface area contributed by atoms with Crippen LogP contribution in [0.3, 0.4) is 0 Å². The Kier molecular flexibility index (Phi) is 5.71. The number of likely N-dealkylation sites (tertiary alicyclic amines) is 1. The molecule has 2 fully saturated rings. The highest BCUT2D eigenvalue weighted by Gasteiger charge is 2.30. The Hall–Kier alpha value is -1.96. The summed E-state index contributed by atoms with van der Waals surface area (Å²) in [7, 11) is 0. The molecule has 144 valence electrons. The Morgan fingerprint density at radius 3 is 2.93 bits per heavy atom. The van der Waals surface area contributed by atoms with E-state index in [-0.39, 0.29) is 11.8 Å². The molecule has 27 heavy (non-hydrogen) atoms. The van der Waals surface area contributed by atoms with Crippen LogP contribution in [-0.4, -0.2) is 65.2 Å². The van der Waals surface area contributed by atoms with Crippen LogP contribution in [0, 0.1) is 5.92 Å². The van der Waals surface area contributed by atoms with Crippen molar-refractivity contribution >= 4 is 17.5 Å². The smallest absolute Gasteiger partial charge is 0.241 e. The summed E-state index contributed by atoms with van der Waals surface area (Å²) in [6, 6.07) is 7.39. The second-order valence-electron chi connectivity index (χ2n) is 7.03. The maximum absolute atomic E-state index is 12.8. The van der Waals surface area contributed by atoms with Gasteiger partial charge in [-0.25, -0.2) is 0 Å². The van der Waals surface area contributed by atoms with Gasteiger partial charge in [-0.1, -0.05) is 28.9 Å². The van der Waals surface area contributed by atoms with Crippen LogP contribution >= 0.6 is 11.6 Å². The summed E-state index contributed by atoms with van der Waals surface area (Å²) < 4.78 is 10.8. The van der Waals surface area contributed by atoms with Gasteiger partial charge in [0.05, 0.1) is 25.7 Å². The van der Waals surface area contributed by atoms with E-state index in [0.29, 0.717) is 49.6 Å². The van der Waals surface area contributed by atoms with E-state index in [1.807, 2.05) is 29.2 Å². The van der Waals surface area contributed by atoms with Crippen LogP contribution in [0.2, 0.25) is 5.02 Å². The fourth-order valence-electron chi connectivity index (χ4n) is 3.70. The number of benzene rings is 1. The van der Waals surface area contributed by atoms with Crippen molar-refractivity contribution in [3.05, 3.63) is 35.2 Å². The second kappa shape index (κ2) is 8.37. The molecule has 1 amide bonds. The molecule has 1 unspecified atom stereocenters. The Morgan fingerprint density at radius 2 is 2.11 bits per heavy atom. The third kappa shape index (κ3) is 4.48. The molecule has 1 aromatic carbocycles. The number of carbonyl (C=O) groups is 1. The minimum absolute atomic E-state index is 0.0344. The second-order valence-corrected chi connectivity index (χ2v) is 7.47. The van der Waals surface area contributed by atoms with Gasteiger partial charge in [-0.05, 0) is 31.5 Å². The lowest BCUT2D eigenvalue weighted by atomic mass is 9.96. The fraction of sp³-hybridized carbons (Fsp3) is 0.526. The van der Waals surface area contributed by atoms with Crippen LogP contribution in [0.15, 0.2) is 28.8 Å².